The number of nitriles is 1. The van der Waals surface area contributed by atoms with E-state index in [0.29, 0.717) is 33.8 Å². The molecule has 2 N–H and O–H groups in total. The molecule has 2 aromatic rings. The molecule has 1 aliphatic heterocycles. The number of nitrogens with zero attached hydrogens (tertiary/aromatic N) is 4. The highest BCUT2D eigenvalue weighted by atomic mass is 79.9. The number of rotatable bonds is 4. The minimum atomic E-state index is -0.423. The normalized spacial score (nSPS) is 19.8. The fraction of sp³-hybridized carbons (Fsp3) is 0.368. The number of aromatic nitrogens is 2. The van der Waals surface area contributed by atoms with Crippen LogP contribution in [0.3, 0.4) is 0 Å². The number of nitrogens with two attached hydrogens (primary N) is 1. The summed E-state index contributed by atoms with van der Waals surface area (Å²) in [5, 5.41) is 19.6. The van der Waals surface area contributed by atoms with Crippen molar-refractivity contribution in [2.24, 2.45) is 5.73 Å². The molecule has 6 nitrogen and oxygen atoms in total. The van der Waals surface area contributed by atoms with Crippen molar-refractivity contribution in [1.82, 2.24) is 10.2 Å². The quantitative estimate of drug-likeness (QED) is 0.570. The molecule has 4 rings (SSSR count). The first-order chi connectivity index (χ1) is 13.9. The van der Waals surface area contributed by atoms with Crippen LogP contribution in [0.15, 0.2) is 42.9 Å². The molecule has 1 aliphatic carbocycles. The first kappa shape index (κ1) is 20.6. The number of ketones is 1. The Morgan fingerprint density at radius 2 is 2.14 bits per heavy atom. The fourth-order valence-corrected chi connectivity index (χ4v) is 7.26. The van der Waals surface area contributed by atoms with Gasteiger partial charge in [-0.05, 0) is 40.9 Å². The van der Waals surface area contributed by atoms with Gasteiger partial charge in [0.15, 0.2) is 10.1 Å². The summed E-state index contributed by atoms with van der Waals surface area (Å²) >= 11 is 8.08. The van der Waals surface area contributed by atoms with Gasteiger partial charge < -0.3 is 5.73 Å². The predicted octanol–water partition coefficient (Wildman–Crippen LogP) is 5.17. The van der Waals surface area contributed by atoms with E-state index >= 15 is 0 Å². The van der Waals surface area contributed by atoms with E-state index in [2.05, 4.69) is 46.0 Å². The van der Waals surface area contributed by atoms with Gasteiger partial charge in [0.1, 0.15) is 5.82 Å². The molecule has 0 spiro atoms. The van der Waals surface area contributed by atoms with Gasteiger partial charge in [-0.1, -0.05) is 36.9 Å². The zero-order chi connectivity index (χ0) is 20.7. The molecule has 10 heteroatoms. The van der Waals surface area contributed by atoms with Crippen molar-refractivity contribution in [3.8, 4) is 6.07 Å². The Hall–Kier alpha value is -1.67. The SMILES string of the molecule is CC(C)Sc1nnc(N2C(N)=C(C#N)[C@H](c3ccc(Br)s3)C3=C2CCCC3=O)s1. The van der Waals surface area contributed by atoms with E-state index in [-0.39, 0.29) is 5.78 Å². The second-order valence-corrected chi connectivity index (χ2v) is 12.2. The number of carbonyl (C=O) groups excluding carboxylic acids is 1. The van der Waals surface area contributed by atoms with E-state index in [0.717, 1.165) is 31.5 Å². The summed E-state index contributed by atoms with van der Waals surface area (Å²) in [6.45, 7) is 4.19. The summed E-state index contributed by atoms with van der Waals surface area (Å²) < 4.78 is 1.80. The number of anilines is 1. The zero-order valence-corrected chi connectivity index (χ0v) is 19.8. The van der Waals surface area contributed by atoms with Gasteiger partial charge in [0.25, 0.3) is 0 Å². The molecular weight excluding hydrogens is 490 g/mol. The highest BCUT2D eigenvalue weighted by molar-refractivity contribution is 9.11. The molecule has 2 aromatic heterocycles. The Kier molecular flexibility index (Phi) is 5.84. The molecule has 3 heterocycles. The number of allylic oxidation sites excluding steroid dienone is 3. The van der Waals surface area contributed by atoms with Crippen LogP contribution in [-0.2, 0) is 4.79 Å². The number of halogens is 1. The summed E-state index contributed by atoms with van der Waals surface area (Å²) in [6, 6.07) is 6.16. The maximum Gasteiger partial charge on any atom is 0.219 e. The van der Waals surface area contributed by atoms with Crippen molar-refractivity contribution in [3.63, 3.8) is 0 Å². The van der Waals surface area contributed by atoms with E-state index in [9.17, 15) is 10.1 Å². The van der Waals surface area contributed by atoms with Crippen LogP contribution in [0.2, 0.25) is 0 Å². The van der Waals surface area contributed by atoms with Crippen LogP contribution in [0.25, 0.3) is 0 Å². The molecule has 0 aromatic carbocycles. The number of Topliss-reactive ketones (excluding diaryl/α,β-unsaturated/α-hetero) is 1. The minimum Gasteiger partial charge on any atom is -0.384 e. The summed E-state index contributed by atoms with van der Waals surface area (Å²) in [4.78, 5) is 15.7. The lowest BCUT2D eigenvalue weighted by atomic mass is 9.78. The zero-order valence-electron chi connectivity index (χ0n) is 15.8. The van der Waals surface area contributed by atoms with Crippen LogP contribution in [0.4, 0.5) is 5.13 Å². The van der Waals surface area contributed by atoms with E-state index in [4.69, 9.17) is 5.73 Å². The third kappa shape index (κ3) is 3.77. The number of hydrogen-bond donors (Lipinski definition) is 1. The Bertz CT molecular complexity index is 1080. The molecule has 0 amide bonds. The number of hydrogen-bond acceptors (Lipinski definition) is 9. The summed E-state index contributed by atoms with van der Waals surface area (Å²) in [6.07, 6.45) is 1.96. The monoisotopic (exact) mass is 507 g/mol. The molecule has 0 bridgehead atoms. The van der Waals surface area contributed by atoms with Crippen LogP contribution in [-0.4, -0.2) is 21.2 Å². The summed E-state index contributed by atoms with van der Waals surface area (Å²) in [7, 11) is 0. The fourth-order valence-electron chi connectivity index (χ4n) is 3.61. The highest BCUT2D eigenvalue weighted by Gasteiger charge is 2.41. The third-order valence-electron chi connectivity index (χ3n) is 4.72. The lowest BCUT2D eigenvalue weighted by Gasteiger charge is -2.37. The van der Waals surface area contributed by atoms with Crippen molar-refractivity contribution >= 4 is 61.3 Å². The Labute approximate surface area is 189 Å². The molecule has 0 unspecified atom stereocenters. The van der Waals surface area contributed by atoms with Gasteiger partial charge in [0.2, 0.25) is 5.13 Å². The molecule has 29 heavy (non-hydrogen) atoms. The molecule has 150 valence electrons. The Morgan fingerprint density at radius 3 is 2.79 bits per heavy atom. The second kappa shape index (κ2) is 8.22. The second-order valence-electron chi connectivity index (χ2n) is 6.98. The first-order valence-electron chi connectivity index (χ1n) is 9.12. The molecule has 0 saturated carbocycles. The van der Waals surface area contributed by atoms with Crippen molar-refractivity contribution in [3.05, 3.63) is 43.5 Å². The van der Waals surface area contributed by atoms with Gasteiger partial charge in [-0.15, -0.1) is 21.5 Å². The van der Waals surface area contributed by atoms with Crippen LogP contribution in [0, 0.1) is 11.3 Å². The smallest absolute Gasteiger partial charge is 0.219 e. The first-order valence-corrected chi connectivity index (χ1v) is 12.4. The number of carbonyl (C=O) groups is 1. The van der Waals surface area contributed by atoms with E-state index < -0.39 is 5.92 Å². The maximum atomic E-state index is 13.0. The largest absolute Gasteiger partial charge is 0.384 e. The lowest BCUT2D eigenvalue weighted by molar-refractivity contribution is -0.116. The Balaban J connectivity index is 1.88. The van der Waals surface area contributed by atoms with E-state index in [1.165, 1.54) is 22.7 Å². The van der Waals surface area contributed by atoms with Crippen molar-refractivity contribution in [2.45, 2.75) is 48.6 Å². The van der Waals surface area contributed by atoms with E-state index in [1.807, 2.05) is 12.1 Å². The highest BCUT2D eigenvalue weighted by Crippen LogP contribution is 2.48. The van der Waals surface area contributed by atoms with Crippen molar-refractivity contribution < 1.29 is 4.79 Å². The van der Waals surface area contributed by atoms with Crippen LogP contribution >= 0.6 is 50.4 Å². The van der Waals surface area contributed by atoms with Crippen LogP contribution in [0.5, 0.6) is 0 Å². The predicted molar refractivity (Wildman–Crippen MR) is 121 cm³/mol. The van der Waals surface area contributed by atoms with Crippen LogP contribution in [0.1, 0.15) is 43.9 Å². The van der Waals surface area contributed by atoms with E-state index in [1.54, 1.807) is 16.7 Å². The summed E-state index contributed by atoms with van der Waals surface area (Å²) in [5.74, 6) is -0.00665. The number of thiophene rings is 1. The molecule has 0 radical (unpaired) electrons. The average molecular weight is 508 g/mol. The van der Waals surface area contributed by atoms with Gasteiger partial charge >= 0.3 is 0 Å². The van der Waals surface area contributed by atoms with Gasteiger partial charge in [-0.3, -0.25) is 9.69 Å². The molecule has 0 fully saturated rings. The lowest BCUT2D eigenvalue weighted by Crippen LogP contribution is -2.38. The minimum absolute atomic E-state index is 0.0762. The third-order valence-corrected chi connectivity index (χ3v) is 8.40. The summed E-state index contributed by atoms with van der Waals surface area (Å²) in [5.41, 5.74) is 8.44. The van der Waals surface area contributed by atoms with Crippen LogP contribution < -0.4 is 10.6 Å². The molecule has 0 saturated heterocycles. The van der Waals surface area contributed by atoms with Gasteiger partial charge in [-0.25, -0.2) is 0 Å². The molecular formula is C19H18BrN5OS3. The average Bonchev–Trinajstić information content (AvgIpc) is 3.29. The van der Waals surface area contributed by atoms with Gasteiger partial charge in [0.05, 0.1) is 21.3 Å². The van der Waals surface area contributed by atoms with Gasteiger partial charge in [0, 0.05) is 27.8 Å². The maximum absolute atomic E-state index is 13.0. The molecule has 2 aliphatic rings. The standard InChI is InChI=1S/C19H18BrN5OS3/c1-9(2)27-19-24-23-18(29-19)25-11-4-3-5-12(26)16(11)15(10(8-21)17(25)22)13-6-7-14(20)28-13/h6-7,9,15H,3-5,22H2,1-2H3/t15-/m1/s1. The van der Waals surface area contributed by atoms with Gasteiger partial charge in [-0.2, -0.15) is 5.26 Å². The van der Waals surface area contributed by atoms with Crippen molar-refractivity contribution in [1.29, 1.82) is 5.26 Å². The Morgan fingerprint density at radius 1 is 1.34 bits per heavy atom. The van der Waals surface area contributed by atoms with Crippen molar-refractivity contribution in [2.75, 3.05) is 4.90 Å². The number of thioether (sulfide) groups is 1. The topological polar surface area (TPSA) is 95.9 Å². The molecule has 1 atom stereocenters.